The lowest BCUT2D eigenvalue weighted by Crippen LogP contribution is -2.33. The molecule has 0 saturated carbocycles. The molecule has 2 aliphatic rings. The van der Waals surface area contributed by atoms with E-state index in [1.807, 2.05) is 46.8 Å². The number of hydrazone groups is 1. The number of methoxy groups -OCH3 is 2. The van der Waals surface area contributed by atoms with Gasteiger partial charge < -0.3 is 19.3 Å². The highest BCUT2D eigenvalue weighted by molar-refractivity contribution is 7.10. The van der Waals surface area contributed by atoms with Crippen molar-refractivity contribution in [1.82, 2.24) is 5.01 Å². The standard InChI is InChI=1S/C22H20N2O4S/c1-26-13-8-9-18(25)15(11-13)16-12-17-14-5-3-6-19(27-2)21(14)28-22(24(17)23-16)20-7-4-10-29-20/h3-11,17,22,25H,12H2,1-2H3/t17-,22-/m0/s1. The van der Waals surface area contributed by atoms with Gasteiger partial charge in [0.15, 0.2) is 11.5 Å². The monoisotopic (exact) mass is 408 g/mol. The molecule has 1 N–H and O–H groups in total. The minimum absolute atomic E-state index is 0.0125. The van der Waals surface area contributed by atoms with Gasteiger partial charge in [0, 0.05) is 17.5 Å². The van der Waals surface area contributed by atoms with Crippen LogP contribution in [0.3, 0.4) is 0 Å². The summed E-state index contributed by atoms with van der Waals surface area (Å²) in [6.45, 7) is 0. The Morgan fingerprint density at radius 3 is 2.79 bits per heavy atom. The molecule has 1 aromatic heterocycles. The van der Waals surface area contributed by atoms with Gasteiger partial charge >= 0.3 is 0 Å². The maximum atomic E-state index is 10.4. The molecule has 29 heavy (non-hydrogen) atoms. The fourth-order valence-electron chi connectivity index (χ4n) is 3.90. The molecule has 2 aliphatic heterocycles. The third-order valence-electron chi connectivity index (χ3n) is 5.30. The lowest BCUT2D eigenvalue weighted by molar-refractivity contribution is -0.0184. The van der Waals surface area contributed by atoms with E-state index in [0.29, 0.717) is 23.5 Å². The van der Waals surface area contributed by atoms with Crippen LogP contribution in [0, 0.1) is 0 Å². The van der Waals surface area contributed by atoms with Crippen LogP contribution in [-0.2, 0) is 0 Å². The molecule has 0 bridgehead atoms. The number of rotatable bonds is 4. The Bertz CT molecular complexity index is 1080. The number of phenolic OH excluding ortho intramolecular Hbond substituents is 1. The average molecular weight is 408 g/mol. The Morgan fingerprint density at radius 2 is 2.03 bits per heavy atom. The van der Waals surface area contributed by atoms with Gasteiger partial charge in [-0.25, -0.2) is 5.01 Å². The lowest BCUT2D eigenvalue weighted by atomic mass is 9.95. The van der Waals surface area contributed by atoms with Crippen molar-refractivity contribution in [3.63, 3.8) is 0 Å². The van der Waals surface area contributed by atoms with Crippen molar-refractivity contribution in [2.45, 2.75) is 18.7 Å². The first-order valence-corrected chi connectivity index (χ1v) is 10.2. The van der Waals surface area contributed by atoms with Crippen LogP contribution in [0.25, 0.3) is 0 Å². The molecule has 0 unspecified atom stereocenters. The van der Waals surface area contributed by atoms with Gasteiger partial charge in [-0.1, -0.05) is 18.2 Å². The molecule has 0 amide bonds. The minimum atomic E-state index is -0.353. The highest BCUT2D eigenvalue weighted by Gasteiger charge is 2.42. The zero-order valence-corrected chi connectivity index (χ0v) is 16.8. The zero-order valence-electron chi connectivity index (χ0n) is 16.0. The maximum Gasteiger partial charge on any atom is 0.223 e. The van der Waals surface area contributed by atoms with Gasteiger partial charge in [0.1, 0.15) is 11.5 Å². The van der Waals surface area contributed by atoms with E-state index in [-0.39, 0.29) is 18.0 Å². The summed E-state index contributed by atoms with van der Waals surface area (Å²) in [6.07, 6.45) is 0.292. The second-order valence-corrected chi connectivity index (χ2v) is 7.87. The quantitative estimate of drug-likeness (QED) is 0.677. The van der Waals surface area contributed by atoms with Crippen molar-refractivity contribution in [3.8, 4) is 23.0 Å². The van der Waals surface area contributed by atoms with E-state index < -0.39 is 0 Å². The number of fused-ring (bicyclic) bond motifs is 3. The smallest absolute Gasteiger partial charge is 0.223 e. The van der Waals surface area contributed by atoms with Crippen molar-refractivity contribution in [3.05, 3.63) is 69.9 Å². The van der Waals surface area contributed by atoms with Crippen LogP contribution in [0.5, 0.6) is 23.0 Å². The molecule has 0 radical (unpaired) electrons. The number of nitrogens with zero attached hydrogens (tertiary/aromatic N) is 2. The molecule has 2 aromatic carbocycles. The topological polar surface area (TPSA) is 63.5 Å². The third-order valence-corrected chi connectivity index (χ3v) is 6.20. The summed E-state index contributed by atoms with van der Waals surface area (Å²) < 4.78 is 17.3. The molecule has 3 aromatic rings. The summed E-state index contributed by atoms with van der Waals surface area (Å²) >= 11 is 1.63. The predicted octanol–water partition coefficient (Wildman–Crippen LogP) is 4.71. The van der Waals surface area contributed by atoms with Gasteiger partial charge in [-0.2, -0.15) is 5.10 Å². The molecule has 0 fully saturated rings. The number of aromatic hydroxyl groups is 1. The summed E-state index contributed by atoms with van der Waals surface area (Å²) in [5.41, 5.74) is 2.50. The van der Waals surface area contributed by atoms with E-state index in [2.05, 4.69) is 0 Å². The van der Waals surface area contributed by atoms with E-state index in [9.17, 15) is 5.11 Å². The van der Waals surface area contributed by atoms with Crippen molar-refractivity contribution in [2.24, 2.45) is 5.10 Å². The van der Waals surface area contributed by atoms with E-state index >= 15 is 0 Å². The summed E-state index contributed by atoms with van der Waals surface area (Å²) in [4.78, 5) is 1.06. The number of hydrogen-bond acceptors (Lipinski definition) is 7. The second-order valence-electron chi connectivity index (χ2n) is 6.89. The first-order valence-electron chi connectivity index (χ1n) is 9.29. The maximum absolute atomic E-state index is 10.4. The molecule has 0 spiro atoms. The molecule has 5 rings (SSSR count). The number of benzene rings is 2. The Kier molecular flexibility index (Phi) is 4.32. The first kappa shape index (κ1) is 17.9. The van der Waals surface area contributed by atoms with E-state index in [0.717, 1.165) is 21.9 Å². The Balaban J connectivity index is 1.62. The highest BCUT2D eigenvalue weighted by atomic mass is 32.1. The molecule has 2 atom stereocenters. The molecule has 148 valence electrons. The molecule has 6 nitrogen and oxygen atoms in total. The van der Waals surface area contributed by atoms with Crippen LogP contribution < -0.4 is 14.2 Å². The highest BCUT2D eigenvalue weighted by Crippen LogP contribution is 2.51. The summed E-state index contributed by atoms with van der Waals surface area (Å²) in [6, 6.07) is 15.1. The minimum Gasteiger partial charge on any atom is -0.507 e. The van der Waals surface area contributed by atoms with E-state index in [1.54, 1.807) is 37.7 Å². The molecular formula is C22H20N2O4S. The molecule has 3 heterocycles. The van der Waals surface area contributed by atoms with Gasteiger partial charge in [-0.15, -0.1) is 11.3 Å². The molecule has 7 heteroatoms. The summed E-state index contributed by atoms with van der Waals surface area (Å²) in [5, 5.41) is 19.3. The SMILES string of the molecule is COc1ccc(O)c(C2=NN3[C@@H](C2)c2cccc(OC)c2O[C@H]3c2cccs2)c1. The second kappa shape index (κ2) is 7.00. The van der Waals surface area contributed by atoms with Crippen molar-refractivity contribution >= 4 is 17.0 Å². The van der Waals surface area contributed by atoms with E-state index in [1.165, 1.54) is 0 Å². The third kappa shape index (κ3) is 2.89. The van der Waals surface area contributed by atoms with Gasteiger partial charge in [0.25, 0.3) is 0 Å². The van der Waals surface area contributed by atoms with E-state index in [4.69, 9.17) is 19.3 Å². The van der Waals surface area contributed by atoms with Crippen LogP contribution in [0.2, 0.25) is 0 Å². The Hall–Kier alpha value is -3.19. The fourth-order valence-corrected chi connectivity index (χ4v) is 4.64. The largest absolute Gasteiger partial charge is 0.507 e. The van der Waals surface area contributed by atoms with Crippen LogP contribution in [0.4, 0.5) is 0 Å². The zero-order chi connectivity index (χ0) is 20.0. The van der Waals surface area contributed by atoms with Gasteiger partial charge in [0.05, 0.1) is 30.9 Å². The molecule has 0 aliphatic carbocycles. The number of phenols is 1. The summed E-state index contributed by atoms with van der Waals surface area (Å²) in [5.74, 6) is 2.32. The normalized spacial score (nSPS) is 19.8. The number of hydrogen-bond donors (Lipinski definition) is 1. The predicted molar refractivity (Wildman–Crippen MR) is 111 cm³/mol. The first-order chi connectivity index (χ1) is 14.2. The van der Waals surface area contributed by atoms with Crippen molar-refractivity contribution in [1.29, 1.82) is 0 Å². The van der Waals surface area contributed by atoms with Crippen LogP contribution in [0.15, 0.2) is 59.0 Å². The Labute approximate surface area is 172 Å². The van der Waals surface area contributed by atoms with Crippen LogP contribution in [0.1, 0.15) is 34.7 Å². The average Bonchev–Trinajstić information content (AvgIpc) is 3.43. The Morgan fingerprint density at radius 1 is 1.14 bits per heavy atom. The van der Waals surface area contributed by atoms with Gasteiger partial charge in [0.2, 0.25) is 6.23 Å². The van der Waals surface area contributed by atoms with Gasteiger partial charge in [-0.05, 0) is 35.7 Å². The van der Waals surface area contributed by atoms with Crippen LogP contribution >= 0.6 is 11.3 Å². The number of ether oxygens (including phenoxy) is 3. The van der Waals surface area contributed by atoms with Gasteiger partial charge in [-0.3, -0.25) is 0 Å². The molecular weight excluding hydrogens is 388 g/mol. The van der Waals surface area contributed by atoms with Crippen LogP contribution in [-0.4, -0.2) is 30.0 Å². The summed E-state index contributed by atoms with van der Waals surface area (Å²) in [7, 11) is 3.26. The molecule has 0 saturated heterocycles. The van der Waals surface area contributed by atoms with Crippen molar-refractivity contribution < 1.29 is 19.3 Å². The fraction of sp³-hybridized carbons (Fsp3) is 0.227. The van der Waals surface area contributed by atoms with Crippen molar-refractivity contribution in [2.75, 3.05) is 14.2 Å². The number of para-hydroxylation sites is 1. The number of thiophene rings is 1. The lowest BCUT2D eigenvalue weighted by Gasteiger charge is -2.38.